The maximum atomic E-state index is 12.5. The molecular weight excluding hydrogens is 421 g/mol. The Balaban J connectivity index is 1.76. The van der Waals surface area contributed by atoms with E-state index in [9.17, 15) is 13.2 Å². The van der Waals surface area contributed by atoms with Crippen LogP contribution >= 0.6 is 23.2 Å². The highest BCUT2D eigenvalue weighted by atomic mass is 35.5. The van der Waals surface area contributed by atoms with Crippen molar-refractivity contribution in [1.82, 2.24) is 0 Å². The van der Waals surface area contributed by atoms with Crippen molar-refractivity contribution in [2.24, 2.45) is 0 Å². The largest absolute Gasteiger partial charge is 0.456 e. The van der Waals surface area contributed by atoms with Gasteiger partial charge in [-0.25, -0.2) is 8.42 Å². The third-order valence-electron chi connectivity index (χ3n) is 3.79. The fourth-order valence-corrected chi connectivity index (χ4v) is 3.39. The highest BCUT2D eigenvalue weighted by Gasteiger charge is 2.16. The lowest BCUT2D eigenvalue weighted by atomic mass is 10.2. The Morgan fingerprint density at radius 1 is 0.929 bits per heavy atom. The molecule has 0 aromatic heterocycles. The van der Waals surface area contributed by atoms with Crippen LogP contribution in [0, 0.1) is 0 Å². The molecule has 0 heterocycles. The number of nitrogens with one attached hydrogen (secondary N) is 1. The summed E-state index contributed by atoms with van der Waals surface area (Å²) in [6.07, 6.45) is 1.07. The van der Waals surface area contributed by atoms with E-state index in [1.165, 1.54) is 18.2 Å². The topological polar surface area (TPSA) is 72.5 Å². The van der Waals surface area contributed by atoms with Crippen molar-refractivity contribution in [2.45, 2.75) is 4.90 Å². The van der Waals surface area contributed by atoms with Gasteiger partial charge in [-0.2, -0.15) is 0 Å². The van der Waals surface area contributed by atoms with Gasteiger partial charge in [-0.15, -0.1) is 0 Å². The average molecular weight is 436 g/mol. The number of rotatable bonds is 5. The van der Waals surface area contributed by atoms with Crippen molar-refractivity contribution in [3.63, 3.8) is 0 Å². The van der Waals surface area contributed by atoms with E-state index in [4.69, 9.17) is 27.9 Å². The Kier molecular flexibility index (Phi) is 5.93. The van der Waals surface area contributed by atoms with Gasteiger partial charge in [-0.05, 0) is 54.6 Å². The number of carbonyl (C=O) groups is 1. The molecule has 0 fully saturated rings. The van der Waals surface area contributed by atoms with Crippen LogP contribution in [-0.4, -0.2) is 20.6 Å². The number of benzene rings is 3. The molecule has 0 aliphatic carbocycles. The van der Waals surface area contributed by atoms with Crippen molar-refractivity contribution in [3.8, 4) is 11.5 Å². The zero-order chi connectivity index (χ0) is 20.3. The smallest absolute Gasteiger partial charge is 0.257 e. The van der Waals surface area contributed by atoms with Crippen molar-refractivity contribution in [3.05, 3.63) is 82.3 Å². The number of carbonyl (C=O) groups excluding carboxylic acids is 1. The van der Waals surface area contributed by atoms with Crippen LogP contribution in [-0.2, 0) is 9.84 Å². The summed E-state index contributed by atoms with van der Waals surface area (Å²) in [4.78, 5) is 12.5. The summed E-state index contributed by atoms with van der Waals surface area (Å²) in [7, 11) is -3.45. The average Bonchev–Trinajstić information content (AvgIpc) is 2.64. The second-order valence-electron chi connectivity index (χ2n) is 5.92. The van der Waals surface area contributed by atoms with E-state index < -0.39 is 15.7 Å². The van der Waals surface area contributed by atoms with Crippen LogP contribution < -0.4 is 10.1 Å². The monoisotopic (exact) mass is 435 g/mol. The van der Waals surface area contributed by atoms with E-state index in [0.29, 0.717) is 22.2 Å². The number of sulfone groups is 1. The Morgan fingerprint density at radius 2 is 1.61 bits per heavy atom. The number of para-hydroxylation sites is 1. The first-order valence-electron chi connectivity index (χ1n) is 8.07. The highest BCUT2D eigenvalue weighted by Crippen LogP contribution is 2.29. The van der Waals surface area contributed by atoms with Crippen molar-refractivity contribution >= 4 is 44.6 Å². The minimum absolute atomic E-state index is 0.0190. The van der Waals surface area contributed by atoms with E-state index in [-0.39, 0.29) is 15.5 Å². The van der Waals surface area contributed by atoms with Crippen LogP contribution in [0.3, 0.4) is 0 Å². The Labute approximate surface area is 172 Å². The molecule has 8 heteroatoms. The van der Waals surface area contributed by atoms with Crippen LogP contribution in [0.25, 0.3) is 0 Å². The van der Waals surface area contributed by atoms with E-state index in [1.54, 1.807) is 42.5 Å². The number of ether oxygens (including phenoxy) is 1. The molecule has 5 nitrogen and oxygen atoms in total. The second kappa shape index (κ2) is 8.22. The van der Waals surface area contributed by atoms with Gasteiger partial charge in [0.05, 0.1) is 20.5 Å². The fraction of sp³-hybridized carbons (Fsp3) is 0.0500. The van der Waals surface area contributed by atoms with E-state index >= 15 is 0 Å². The molecule has 0 aliphatic heterocycles. The van der Waals surface area contributed by atoms with Crippen molar-refractivity contribution < 1.29 is 17.9 Å². The molecule has 1 amide bonds. The maximum absolute atomic E-state index is 12.5. The van der Waals surface area contributed by atoms with Crippen LogP contribution in [0.4, 0.5) is 5.69 Å². The fourth-order valence-electron chi connectivity index (χ4n) is 2.37. The van der Waals surface area contributed by atoms with Gasteiger partial charge in [0.25, 0.3) is 5.91 Å². The van der Waals surface area contributed by atoms with Crippen LogP contribution in [0.1, 0.15) is 10.4 Å². The minimum Gasteiger partial charge on any atom is -0.456 e. The Hall–Kier alpha value is -2.54. The first-order chi connectivity index (χ1) is 13.2. The molecule has 0 radical (unpaired) electrons. The molecule has 0 bridgehead atoms. The van der Waals surface area contributed by atoms with Gasteiger partial charge in [-0.3, -0.25) is 4.79 Å². The third kappa shape index (κ3) is 4.84. The molecule has 3 aromatic carbocycles. The number of anilines is 1. The van der Waals surface area contributed by atoms with Gasteiger partial charge in [0, 0.05) is 11.9 Å². The zero-order valence-corrected chi connectivity index (χ0v) is 17.0. The lowest BCUT2D eigenvalue weighted by molar-refractivity contribution is 0.102. The van der Waals surface area contributed by atoms with Gasteiger partial charge in [0.15, 0.2) is 9.84 Å². The standard InChI is InChI=1S/C20H15Cl2NO4S/c1-28(25,26)15-10-11-17(21)16(12-15)20(24)23-13-6-8-14(9-7-13)27-19-5-3-2-4-18(19)22/h2-12H,1H3,(H,23,24). The first kappa shape index (κ1) is 20.2. The van der Waals surface area contributed by atoms with E-state index in [0.717, 1.165) is 6.26 Å². The normalized spacial score (nSPS) is 11.1. The van der Waals surface area contributed by atoms with Gasteiger partial charge >= 0.3 is 0 Å². The van der Waals surface area contributed by atoms with Crippen LogP contribution in [0.15, 0.2) is 71.6 Å². The second-order valence-corrected chi connectivity index (χ2v) is 8.75. The predicted molar refractivity (Wildman–Crippen MR) is 110 cm³/mol. The third-order valence-corrected chi connectivity index (χ3v) is 5.54. The quantitative estimate of drug-likeness (QED) is 0.578. The molecule has 0 aliphatic rings. The van der Waals surface area contributed by atoms with Gasteiger partial charge in [-0.1, -0.05) is 35.3 Å². The number of hydrogen-bond acceptors (Lipinski definition) is 4. The van der Waals surface area contributed by atoms with Crippen LogP contribution in [0.2, 0.25) is 10.0 Å². The molecule has 0 atom stereocenters. The summed E-state index contributed by atoms with van der Waals surface area (Å²) < 4.78 is 29.1. The molecular formula is C20H15Cl2NO4S. The molecule has 0 spiro atoms. The van der Waals surface area contributed by atoms with Crippen LogP contribution in [0.5, 0.6) is 11.5 Å². The lowest BCUT2D eigenvalue weighted by Gasteiger charge is -2.10. The summed E-state index contributed by atoms with van der Waals surface area (Å²) in [6.45, 7) is 0. The number of hydrogen-bond donors (Lipinski definition) is 1. The van der Waals surface area contributed by atoms with Gasteiger partial charge in [0.1, 0.15) is 11.5 Å². The molecule has 1 N–H and O–H groups in total. The summed E-state index contributed by atoms with van der Waals surface area (Å²) in [6, 6.07) is 17.7. The van der Waals surface area contributed by atoms with Crippen molar-refractivity contribution in [2.75, 3.05) is 11.6 Å². The molecule has 3 aromatic rings. The predicted octanol–water partition coefficient (Wildman–Crippen LogP) is 5.44. The van der Waals surface area contributed by atoms with Gasteiger partial charge in [0.2, 0.25) is 0 Å². The number of halogens is 2. The highest BCUT2D eigenvalue weighted by molar-refractivity contribution is 7.90. The summed E-state index contributed by atoms with van der Waals surface area (Å²) in [5.74, 6) is 0.545. The van der Waals surface area contributed by atoms with E-state index in [1.807, 2.05) is 6.07 Å². The minimum atomic E-state index is -3.45. The Bertz CT molecular complexity index is 1130. The summed E-state index contributed by atoms with van der Waals surface area (Å²) >= 11 is 12.1. The zero-order valence-electron chi connectivity index (χ0n) is 14.6. The molecule has 0 saturated carbocycles. The van der Waals surface area contributed by atoms with E-state index in [2.05, 4.69) is 5.32 Å². The van der Waals surface area contributed by atoms with Gasteiger partial charge < -0.3 is 10.1 Å². The first-order valence-corrected chi connectivity index (χ1v) is 10.7. The SMILES string of the molecule is CS(=O)(=O)c1ccc(Cl)c(C(=O)Nc2ccc(Oc3ccccc3Cl)cc2)c1. The summed E-state index contributed by atoms with van der Waals surface area (Å²) in [5.41, 5.74) is 0.568. The molecule has 0 saturated heterocycles. The molecule has 28 heavy (non-hydrogen) atoms. The number of amides is 1. The molecule has 0 unspecified atom stereocenters. The molecule has 144 valence electrons. The summed E-state index contributed by atoms with van der Waals surface area (Å²) in [5, 5.41) is 3.32. The molecule has 3 rings (SSSR count). The maximum Gasteiger partial charge on any atom is 0.257 e. The van der Waals surface area contributed by atoms with Crippen molar-refractivity contribution in [1.29, 1.82) is 0 Å². The lowest BCUT2D eigenvalue weighted by Crippen LogP contribution is -2.13. The Morgan fingerprint density at radius 3 is 2.25 bits per heavy atom.